The predicted molar refractivity (Wildman–Crippen MR) is 93.6 cm³/mol. The minimum atomic E-state index is -0.363. The Labute approximate surface area is 147 Å². The zero-order valence-electron chi connectivity index (χ0n) is 14.8. The van der Waals surface area contributed by atoms with E-state index in [1.165, 1.54) is 0 Å². The molecule has 0 bridgehead atoms. The summed E-state index contributed by atoms with van der Waals surface area (Å²) >= 11 is 0. The van der Waals surface area contributed by atoms with Crippen LogP contribution in [0.5, 0.6) is 5.75 Å². The van der Waals surface area contributed by atoms with Crippen LogP contribution in [0.15, 0.2) is 36.7 Å². The monoisotopic (exact) mass is 344 g/mol. The number of carbonyl (C=O) groups excluding carboxylic acids is 1. The van der Waals surface area contributed by atoms with Crippen molar-refractivity contribution in [3.63, 3.8) is 0 Å². The fourth-order valence-electron chi connectivity index (χ4n) is 3.01. The van der Waals surface area contributed by atoms with Crippen LogP contribution in [0.3, 0.4) is 0 Å². The number of aromatic nitrogens is 2. The van der Waals surface area contributed by atoms with Gasteiger partial charge in [-0.3, -0.25) is 0 Å². The molecular formula is C18H24N4O3. The van der Waals surface area contributed by atoms with Gasteiger partial charge in [0.2, 0.25) is 0 Å². The van der Waals surface area contributed by atoms with Gasteiger partial charge >= 0.3 is 6.03 Å². The number of ether oxygens (including phenoxy) is 2. The lowest BCUT2D eigenvalue weighted by atomic mass is 10.1. The molecule has 3 rings (SSSR count). The van der Waals surface area contributed by atoms with Crippen molar-refractivity contribution in [3.8, 4) is 5.75 Å². The molecular weight excluding hydrogens is 320 g/mol. The SMILES string of the molecule is COc1cccc(C(NC(=O)N2CCOCC2C)c2nccn2C)c1. The van der Waals surface area contributed by atoms with Gasteiger partial charge in [0.1, 0.15) is 17.6 Å². The van der Waals surface area contributed by atoms with E-state index >= 15 is 0 Å². The van der Waals surface area contributed by atoms with E-state index in [0.29, 0.717) is 19.8 Å². The first-order chi connectivity index (χ1) is 12.1. The van der Waals surface area contributed by atoms with Crippen molar-refractivity contribution in [1.29, 1.82) is 0 Å². The van der Waals surface area contributed by atoms with Crippen molar-refractivity contribution in [3.05, 3.63) is 48.0 Å². The fraction of sp³-hybridized carbons (Fsp3) is 0.444. The van der Waals surface area contributed by atoms with Gasteiger partial charge in [-0.1, -0.05) is 12.1 Å². The van der Waals surface area contributed by atoms with Crippen LogP contribution in [0.2, 0.25) is 0 Å². The van der Waals surface area contributed by atoms with E-state index in [9.17, 15) is 4.79 Å². The maximum absolute atomic E-state index is 12.8. The highest BCUT2D eigenvalue weighted by Crippen LogP contribution is 2.24. The average molecular weight is 344 g/mol. The molecule has 1 fully saturated rings. The fourth-order valence-corrected chi connectivity index (χ4v) is 3.01. The van der Waals surface area contributed by atoms with Crippen LogP contribution in [0.1, 0.15) is 24.4 Å². The molecule has 2 heterocycles. The average Bonchev–Trinajstić information content (AvgIpc) is 3.05. The number of urea groups is 1. The molecule has 1 aliphatic rings. The zero-order chi connectivity index (χ0) is 17.8. The Bertz CT molecular complexity index is 731. The summed E-state index contributed by atoms with van der Waals surface area (Å²) in [5.74, 6) is 1.51. The maximum atomic E-state index is 12.8. The summed E-state index contributed by atoms with van der Waals surface area (Å²) in [6, 6.07) is 7.23. The quantitative estimate of drug-likeness (QED) is 0.920. The number of hydrogen-bond donors (Lipinski definition) is 1. The van der Waals surface area contributed by atoms with E-state index in [4.69, 9.17) is 9.47 Å². The number of methoxy groups -OCH3 is 1. The van der Waals surface area contributed by atoms with Crippen molar-refractivity contribution in [2.45, 2.75) is 19.0 Å². The van der Waals surface area contributed by atoms with E-state index in [-0.39, 0.29) is 18.1 Å². The Morgan fingerprint density at radius 3 is 3.00 bits per heavy atom. The summed E-state index contributed by atoms with van der Waals surface area (Å²) in [4.78, 5) is 19.1. The Balaban J connectivity index is 1.89. The first-order valence-corrected chi connectivity index (χ1v) is 8.36. The number of imidazole rings is 1. The maximum Gasteiger partial charge on any atom is 0.318 e. The van der Waals surface area contributed by atoms with Crippen molar-refractivity contribution >= 4 is 6.03 Å². The predicted octanol–water partition coefficient (Wildman–Crippen LogP) is 1.95. The number of amides is 2. The van der Waals surface area contributed by atoms with Crippen LogP contribution < -0.4 is 10.1 Å². The van der Waals surface area contributed by atoms with Crippen LogP contribution in [0.25, 0.3) is 0 Å². The number of hydrogen-bond acceptors (Lipinski definition) is 4. The van der Waals surface area contributed by atoms with Gasteiger partial charge in [-0.2, -0.15) is 0 Å². The van der Waals surface area contributed by atoms with Crippen molar-refractivity contribution in [2.75, 3.05) is 26.9 Å². The Morgan fingerprint density at radius 1 is 1.48 bits per heavy atom. The number of benzene rings is 1. The third kappa shape index (κ3) is 3.76. The summed E-state index contributed by atoms with van der Waals surface area (Å²) in [6.45, 7) is 3.68. The van der Waals surface area contributed by atoms with Gasteiger partial charge in [-0.25, -0.2) is 9.78 Å². The van der Waals surface area contributed by atoms with Gasteiger partial charge in [0.05, 0.1) is 26.4 Å². The van der Waals surface area contributed by atoms with Crippen LogP contribution in [0.4, 0.5) is 4.79 Å². The molecule has 1 saturated heterocycles. The molecule has 1 aromatic carbocycles. The van der Waals surface area contributed by atoms with E-state index in [2.05, 4.69) is 10.3 Å². The van der Waals surface area contributed by atoms with Crippen LogP contribution in [-0.2, 0) is 11.8 Å². The third-order valence-corrected chi connectivity index (χ3v) is 4.44. The van der Waals surface area contributed by atoms with Gasteiger partial charge in [0.15, 0.2) is 0 Å². The number of morpholine rings is 1. The van der Waals surface area contributed by atoms with Crippen LogP contribution >= 0.6 is 0 Å². The summed E-state index contributed by atoms with van der Waals surface area (Å²) in [7, 11) is 3.54. The lowest BCUT2D eigenvalue weighted by Gasteiger charge is -2.34. The van der Waals surface area contributed by atoms with E-state index in [1.807, 2.05) is 49.0 Å². The molecule has 0 spiro atoms. The van der Waals surface area contributed by atoms with E-state index in [0.717, 1.165) is 17.1 Å². The highest BCUT2D eigenvalue weighted by molar-refractivity contribution is 5.75. The highest BCUT2D eigenvalue weighted by atomic mass is 16.5. The lowest BCUT2D eigenvalue weighted by Crippen LogP contribution is -2.52. The zero-order valence-corrected chi connectivity index (χ0v) is 14.8. The van der Waals surface area contributed by atoms with Gasteiger partial charge in [0, 0.05) is 26.0 Å². The molecule has 134 valence electrons. The first kappa shape index (κ1) is 17.3. The van der Waals surface area contributed by atoms with Crippen molar-refractivity contribution in [2.24, 2.45) is 7.05 Å². The molecule has 2 amide bonds. The van der Waals surface area contributed by atoms with Crippen molar-refractivity contribution < 1.29 is 14.3 Å². The minimum absolute atomic E-state index is 0.0427. The van der Waals surface area contributed by atoms with Gasteiger partial charge in [-0.05, 0) is 24.6 Å². The third-order valence-electron chi connectivity index (χ3n) is 4.44. The molecule has 0 aliphatic carbocycles. The molecule has 2 aromatic rings. The highest BCUT2D eigenvalue weighted by Gasteiger charge is 2.28. The van der Waals surface area contributed by atoms with E-state index < -0.39 is 0 Å². The second-order valence-corrected chi connectivity index (χ2v) is 6.17. The number of nitrogens with one attached hydrogen (secondary N) is 1. The lowest BCUT2D eigenvalue weighted by molar-refractivity contribution is 0.0186. The summed E-state index contributed by atoms with van der Waals surface area (Å²) in [5, 5.41) is 3.12. The molecule has 2 atom stereocenters. The minimum Gasteiger partial charge on any atom is -0.497 e. The smallest absolute Gasteiger partial charge is 0.318 e. The molecule has 1 aromatic heterocycles. The molecule has 25 heavy (non-hydrogen) atoms. The standard InChI is InChI=1S/C18H24N4O3/c1-13-12-25-10-9-22(13)18(23)20-16(17-19-7-8-21(17)2)14-5-4-6-15(11-14)24-3/h4-8,11,13,16H,9-10,12H2,1-3H3,(H,20,23). The van der Waals surface area contributed by atoms with E-state index in [1.54, 1.807) is 18.2 Å². The van der Waals surface area contributed by atoms with Gasteiger partial charge in [0.25, 0.3) is 0 Å². The number of rotatable bonds is 4. The summed E-state index contributed by atoms with van der Waals surface area (Å²) in [6.07, 6.45) is 3.60. The van der Waals surface area contributed by atoms with Crippen molar-refractivity contribution in [1.82, 2.24) is 19.8 Å². The number of nitrogens with zero attached hydrogens (tertiary/aromatic N) is 3. The number of carbonyl (C=O) groups is 1. The van der Waals surface area contributed by atoms with Gasteiger partial charge in [-0.15, -0.1) is 0 Å². The summed E-state index contributed by atoms with van der Waals surface area (Å²) < 4.78 is 12.7. The largest absolute Gasteiger partial charge is 0.497 e. The van der Waals surface area contributed by atoms with Crippen LogP contribution in [0, 0.1) is 0 Å². The normalized spacial score (nSPS) is 18.7. The van der Waals surface area contributed by atoms with Gasteiger partial charge < -0.3 is 24.3 Å². The first-order valence-electron chi connectivity index (χ1n) is 8.36. The van der Waals surface area contributed by atoms with Crippen LogP contribution in [-0.4, -0.2) is 53.4 Å². The Hall–Kier alpha value is -2.54. The molecule has 7 heteroatoms. The molecule has 1 aliphatic heterocycles. The molecule has 7 nitrogen and oxygen atoms in total. The molecule has 1 N–H and O–H groups in total. The summed E-state index contributed by atoms with van der Waals surface area (Å²) in [5.41, 5.74) is 0.919. The molecule has 0 radical (unpaired) electrons. The molecule has 0 saturated carbocycles. The second kappa shape index (κ2) is 7.57. The number of aryl methyl sites for hydroxylation is 1. The Kier molecular flexibility index (Phi) is 5.23. The molecule has 2 unspecified atom stereocenters. The second-order valence-electron chi connectivity index (χ2n) is 6.17. The Morgan fingerprint density at radius 2 is 2.32 bits per heavy atom. The topological polar surface area (TPSA) is 68.6 Å².